The molecule has 0 fully saturated rings. The molecule has 0 bridgehead atoms. The summed E-state index contributed by atoms with van der Waals surface area (Å²) in [6, 6.07) is 11.0. The number of hydrogen-bond donors (Lipinski definition) is 2. The Labute approximate surface area is 139 Å². The number of para-hydroxylation sites is 1. The van der Waals surface area contributed by atoms with Crippen molar-refractivity contribution >= 4 is 49.1 Å². The third kappa shape index (κ3) is 3.98. The SMILES string of the molecule is Cc1c(N)cccc1NC(=O)COc1c(Br)cccc1Br. The topological polar surface area (TPSA) is 64.3 Å². The molecule has 0 aliphatic carbocycles. The molecule has 1 amide bonds. The van der Waals surface area contributed by atoms with Gasteiger partial charge in [-0.25, -0.2) is 0 Å². The maximum Gasteiger partial charge on any atom is 0.262 e. The maximum atomic E-state index is 12.0. The predicted octanol–water partition coefficient (Wildman–Crippen LogP) is 4.12. The van der Waals surface area contributed by atoms with E-state index < -0.39 is 0 Å². The van der Waals surface area contributed by atoms with E-state index in [0.29, 0.717) is 17.1 Å². The summed E-state index contributed by atoms with van der Waals surface area (Å²) in [6.45, 7) is 1.77. The van der Waals surface area contributed by atoms with E-state index in [-0.39, 0.29) is 12.5 Å². The lowest BCUT2D eigenvalue weighted by Gasteiger charge is -2.12. The van der Waals surface area contributed by atoms with E-state index in [0.717, 1.165) is 14.5 Å². The number of hydrogen-bond acceptors (Lipinski definition) is 3. The van der Waals surface area contributed by atoms with E-state index >= 15 is 0 Å². The fourth-order valence-corrected chi connectivity index (χ4v) is 2.96. The quantitative estimate of drug-likeness (QED) is 0.741. The van der Waals surface area contributed by atoms with Crippen molar-refractivity contribution in [3.05, 3.63) is 50.9 Å². The highest BCUT2D eigenvalue weighted by Crippen LogP contribution is 2.32. The van der Waals surface area contributed by atoms with E-state index in [2.05, 4.69) is 37.2 Å². The molecule has 110 valence electrons. The summed E-state index contributed by atoms with van der Waals surface area (Å²) in [5, 5.41) is 2.79. The fraction of sp³-hybridized carbons (Fsp3) is 0.133. The summed E-state index contributed by atoms with van der Waals surface area (Å²) in [5.41, 5.74) is 7.98. The number of halogens is 2. The first-order chi connectivity index (χ1) is 9.99. The second kappa shape index (κ2) is 6.95. The van der Waals surface area contributed by atoms with Gasteiger partial charge in [0.1, 0.15) is 5.75 Å². The Morgan fingerprint density at radius 1 is 1.19 bits per heavy atom. The second-order valence-electron chi connectivity index (χ2n) is 4.41. The largest absolute Gasteiger partial charge is 0.481 e. The van der Waals surface area contributed by atoms with Crippen LogP contribution in [0.1, 0.15) is 5.56 Å². The van der Waals surface area contributed by atoms with Crippen molar-refractivity contribution in [2.45, 2.75) is 6.92 Å². The molecule has 0 radical (unpaired) electrons. The molecule has 0 atom stereocenters. The summed E-state index contributed by atoms with van der Waals surface area (Å²) in [6.07, 6.45) is 0. The molecule has 21 heavy (non-hydrogen) atoms. The van der Waals surface area contributed by atoms with Crippen LogP contribution in [0.3, 0.4) is 0 Å². The number of nitrogens with one attached hydrogen (secondary N) is 1. The number of benzene rings is 2. The van der Waals surface area contributed by atoms with Gasteiger partial charge in [0.25, 0.3) is 5.91 Å². The van der Waals surface area contributed by atoms with Gasteiger partial charge in [-0.3, -0.25) is 4.79 Å². The highest BCUT2D eigenvalue weighted by Gasteiger charge is 2.10. The van der Waals surface area contributed by atoms with Crippen LogP contribution in [0.5, 0.6) is 5.75 Å². The van der Waals surface area contributed by atoms with E-state index in [4.69, 9.17) is 10.5 Å². The van der Waals surface area contributed by atoms with Gasteiger partial charge in [-0.05, 0) is 68.6 Å². The van der Waals surface area contributed by atoms with Crippen molar-refractivity contribution in [2.75, 3.05) is 17.7 Å². The van der Waals surface area contributed by atoms with Crippen molar-refractivity contribution in [1.82, 2.24) is 0 Å². The van der Waals surface area contributed by atoms with Crippen molar-refractivity contribution in [3.8, 4) is 5.75 Å². The molecule has 2 aromatic rings. The van der Waals surface area contributed by atoms with E-state index in [1.165, 1.54) is 0 Å². The molecule has 2 rings (SSSR count). The van der Waals surface area contributed by atoms with Crippen LogP contribution >= 0.6 is 31.9 Å². The molecule has 0 unspecified atom stereocenters. The second-order valence-corrected chi connectivity index (χ2v) is 6.12. The standard InChI is InChI=1S/C15H14Br2N2O2/c1-9-12(18)6-3-7-13(9)19-14(20)8-21-15-10(16)4-2-5-11(15)17/h2-7H,8,18H2,1H3,(H,19,20). The summed E-state index contributed by atoms with van der Waals surface area (Å²) < 4.78 is 7.10. The maximum absolute atomic E-state index is 12.0. The van der Waals surface area contributed by atoms with Crippen LogP contribution in [0.2, 0.25) is 0 Å². The van der Waals surface area contributed by atoms with Gasteiger partial charge in [0.15, 0.2) is 6.61 Å². The molecule has 0 aromatic heterocycles. The van der Waals surface area contributed by atoms with Gasteiger partial charge in [0, 0.05) is 11.4 Å². The van der Waals surface area contributed by atoms with Gasteiger partial charge in [0.2, 0.25) is 0 Å². The highest BCUT2D eigenvalue weighted by atomic mass is 79.9. The predicted molar refractivity (Wildman–Crippen MR) is 91.6 cm³/mol. The Balaban J connectivity index is 2.01. The third-order valence-electron chi connectivity index (χ3n) is 2.92. The normalized spacial score (nSPS) is 10.2. The number of ether oxygens (including phenoxy) is 1. The Bertz CT molecular complexity index is 654. The van der Waals surface area contributed by atoms with E-state index in [1.807, 2.05) is 25.1 Å². The zero-order valence-electron chi connectivity index (χ0n) is 11.3. The summed E-state index contributed by atoms with van der Waals surface area (Å²) >= 11 is 6.76. The molecule has 0 aliphatic rings. The Morgan fingerprint density at radius 3 is 2.48 bits per heavy atom. The molecule has 2 aromatic carbocycles. The average molecular weight is 414 g/mol. The van der Waals surface area contributed by atoms with E-state index in [9.17, 15) is 4.79 Å². The van der Waals surface area contributed by atoms with Crippen molar-refractivity contribution in [1.29, 1.82) is 0 Å². The van der Waals surface area contributed by atoms with Crippen LogP contribution in [0.15, 0.2) is 45.3 Å². The lowest BCUT2D eigenvalue weighted by Crippen LogP contribution is -2.21. The Hall–Kier alpha value is -1.53. The van der Waals surface area contributed by atoms with Crippen molar-refractivity contribution in [2.24, 2.45) is 0 Å². The molecule has 6 heteroatoms. The zero-order chi connectivity index (χ0) is 15.4. The minimum absolute atomic E-state index is 0.0878. The lowest BCUT2D eigenvalue weighted by molar-refractivity contribution is -0.118. The van der Waals surface area contributed by atoms with Gasteiger partial charge in [-0.1, -0.05) is 12.1 Å². The van der Waals surface area contributed by atoms with Crippen LogP contribution in [0, 0.1) is 6.92 Å². The number of amides is 1. The Kier molecular flexibility index (Phi) is 5.25. The van der Waals surface area contributed by atoms with Crippen LogP contribution in [-0.2, 0) is 4.79 Å². The molecule has 0 aliphatic heterocycles. The summed E-state index contributed by atoms with van der Waals surface area (Å²) in [5.74, 6) is 0.350. The summed E-state index contributed by atoms with van der Waals surface area (Å²) in [4.78, 5) is 12.0. The monoisotopic (exact) mass is 412 g/mol. The third-order valence-corrected chi connectivity index (χ3v) is 4.17. The van der Waals surface area contributed by atoms with Crippen molar-refractivity contribution in [3.63, 3.8) is 0 Å². The van der Waals surface area contributed by atoms with Crippen LogP contribution in [0.4, 0.5) is 11.4 Å². The number of nitrogen functional groups attached to an aromatic ring is 1. The smallest absolute Gasteiger partial charge is 0.262 e. The average Bonchev–Trinajstić information content (AvgIpc) is 2.43. The number of nitrogens with two attached hydrogens (primary N) is 1. The lowest BCUT2D eigenvalue weighted by atomic mass is 10.1. The number of rotatable bonds is 4. The summed E-state index contributed by atoms with van der Waals surface area (Å²) in [7, 11) is 0. The van der Waals surface area contributed by atoms with Gasteiger partial charge >= 0.3 is 0 Å². The highest BCUT2D eigenvalue weighted by molar-refractivity contribution is 9.11. The number of anilines is 2. The number of carbonyl (C=O) groups excluding carboxylic acids is 1. The van der Waals surface area contributed by atoms with Gasteiger partial charge in [-0.2, -0.15) is 0 Å². The van der Waals surface area contributed by atoms with E-state index in [1.54, 1.807) is 18.2 Å². The van der Waals surface area contributed by atoms with Crippen LogP contribution in [-0.4, -0.2) is 12.5 Å². The van der Waals surface area contributed by atoms with Crippen LogP contribution in [0.25, 0.3) is 0 Å². The molecule has 0 spiro atoms. The minimum atomic E-state index is -0.244. The fourth-order valence-electron chi connectivity index (χ4n) is 1.73. The van der Waals surface area contributed by atoms with Gasteiger partial charge in [-0.15, -0.1) is 0 Å². The molecular formula is C15H14Br2N2O2. The first kappa shape index (κ1) is 15.9. The molecular weight excluding hydrogens is 400 g/mol. The molecule has 0 saturated heterocycles. The first-order valence-corrected chi connectivity index (χ1v) is 7.79. The molecule has 3 N–H and O–H groups in total. The zero-order valence-corrected chi connectivity index (χ0v) is 14.5. The molecule has 4 nitrogen and oxygen atoms in total. The number of carbonyl (C=O) groups is 1. The molecule has 0 heterocycles. The van der Waals surface area contributed by atoms with Gasteiger partial charge in [0.05, 0.1) is 8.95 Å². The van der Waals surface area contributed by atoms with Gasteiger partial charge < -0.3 is 15.8 Å². The Morgan fingerprint density at radius 2 is 1.81 bits per heavy atom. The molecule has 0 saturated carbocycles. The van der Waals surface area contributed by atoms with Crippen molar-refractivity contribution < 1.29 is 9.53 Å². The first-order valence-electron chi connectivity index (χ1n) is 6.21. The minimum Gasteiger partial charge on any atom is -0.481 e. The van der Waals surface area contributed by atoms with Crippen LogP contribution < -0.4 is 15.8 Å².